The molecule has 266 valence electrons. The van der Waals surface area contributed by atoms with E-state index in [1.165, 1.54) is 19.3 Å². The van der Waals surface area contributed by atoms with E-state index >= 15 is 0 Å². The van der Waals surface area contributed by atoms with Crippen molar-refractivity contribution in [2.45, 2.75) is 63.5 Å². The average molecular weight is 701 g/mol. The summed E-state index contributed by atoms with van der Waals surface area (Å²) in [5.41, 5.74) is 0.170. The summed E-state index contributed by atoms with van der Waals surface area (Å²) >= 11 is 0. The van der Waals surface area contributed by atoms with Crippen LogP contribution >= 0.6 is 0 Å². The topological polar surface area (TPSA) is 85.8 Å². The van der Waals surface area contributed by atoms with Gasteiger partial charge < -0.3 is 10.4 Å². The van der Waals surface area contributed by atoms with Gasteiger partial charge in [-0.3, -0.25) is 19.6 Å². The highest BCUT2D eigenvalue weighted by Gasteiger charge is 2.61. The summed E-state index contributed by atoms with van der Waals surface area (Å²) in [6.45, 7) is 0.320. The van der Waals surface area contributed by atoms with E-state index in [4.69, 9.17) is 4.98 Å². The second-order valence-corrected chi connectivity index (χ2v) is 13.4. The first-order valence-electron chi connectivity index (χ1n) is 16.7. The minimum Gasteiger partial charge on any atom is -0.480 e. The van der Waals surface area contributed by atoms with Crippen LogP contribution in [0.2, 0.25) is 0 Å². The van der Waals surface area contributed by atoms with Crippen molar-refractivity contribution in [1.29, 1.82) is 0 Å². The predicted octanol–water partition coefficient (Wildman–Crippen LogP) is 7.36. The SMILES string of the molecule is O=C(O)[C@H](Cc1cccc2c(-c3nccc4ccc(CN5CCCCC5)cc34)cccc12)NC(=O)C1(C(F)(F)F)CCN(CC(F)(F)F)CC1. The number of aromatic nitrogens is 1. The van der Waals surface area contributed by atoms with Gasteiger partial charge in [0.2, 0.25) is 5.91 Å². The molecule has 0 saturated carbocycles. The first kappa shape index (κ1) is 35.6. The number of pyridine rings is 1. The lowest BCUT2D eigenvalue weighted by molar-refractivity contribution is -0.236. The fourth-order valence-corrected chi connectivity index (χ4v) is 7.37. The molecule has 1 amide bonds. The summed E-state index contributed by atoms with van der Waals surface area (Å²) in [4.78, 5) is 33.7. The van der Waals surface area contributed by atoms with E-state index in [-0.39, 0.29) is 6.42 Å². The van der Waals surface area contributed by atoms with Crippen LogP contribution in [0.4, 0.5) is 26.3 Å². The van der Waals surface area contributed by atoms with Gasteiger partial charge in [-0.05, 0) is 91.3 Å². The second kappa shape index (κ2) is 14.2. The Kier molecular flexibility index (Phi) is 10.1. The molecule has 2 aliphatic heterocycles. The van der Waals surface area contributed by atoms with E-state index in [0.717, 1.165) is 57.5 Å². The number of likely N-dealkylation sites (tertiary alicyclic amines) is 2. The number of nitrogens with one attached hydrogen (secondary N) is 1. The number of carboxylic acid groups (broad SMARTS) is 1. The molecule has 0 bridgehead atoms. The first-order valence-corrected chi connectivity index (χ1v) is 16.7. The smallest absolute Gasteiger partial charge is 0.403 e. The molecule has 0 unspecified atom stereocenters. The maximum atomic E-state index is 14.4. The molecule has 3 heterocycles. The van der Waals surface area contributed by atoms with Crippen LogP contribution in [0, 0.1) is 5.41 Å². The number of piperidine rings is 2. The zero-order valence-electron chi connectivity index (χ0n) is 27.3. The van der Waals surface area contributed by atoms with Gasteiger partial charge in [0.05, 0.1) is 12.2 Å². The molecule has 2 N–H and O–H groups in total. The summed E-state index contributed by atoms with van der Waals surface area (Å²) in [5, 5.41) is 15.5. The number of fused-ring (bicyclic) bond motifs is 2. The van der Waals surface area contributed by atoms with E-state index in [0.29, 0.717) is 10.9 Å². The Hall–Kier alpha value is -4.23. The third-order valence-corrected chi connectivity index (χ3v) is 10.1. The Balaban J connectivity index is 1.28. The van der Waals surface area contributed by atoms with Gasteiger partial charge in [0.1, 0.15) is 11.5 Å². The Labute approximate surface area is 285 Å². The number of halogens is 6. The van der Waals surface area contributed by atoms with Crippen molar-refractivity contribution in [2.24, 2.45) is 5.41 Å². The maximum Gasteiger partial charge on any atom is 0.403 e. The number of carboxylic acids is 1. The highest BCUT2D eigenvalue weighted by atomic mass is 19.4. The van der Waals surface area contributed by atoms with Gasteiger partial charge in [0, 0.05) is 30.1 Å². The van der Waals surface area contributed by atoms with Crippen LogP contribution in [0.3, 0.4) is 0 Å². The minimum atomic E-state index is -5.10. The minimum absolute atomic E-state index is 0.320. The molecule has 7 nitrogen and oxygen atoms in total. The molecule has 1 aromatic heterocycles. The summed E-state index contributed by atoms with van der Waals surface area (Å²) in [6.07, 6.45) is -6.53. The zero-order valence-corrected chi connectivity index (χ0v) is 27.3. The van der Waals surface area contributed by atoms with Crippen LogP contribution in [0.25, 0.3) is 32.8 Å². The number of amides is 1. The number of alkyl halides is 6. The van der Waals surface area contributed by atoms with Crippen molar-refractivity contribution >= 4 is 33.4 Å². The number of carbonyl (C=O) groups excluding carboxylic acids is 1. The third kappa shape index (κ3) is 7.58. The lowest BCUT2D eigenvalue weighted by Gasteiger charge is -2.42. The quantitative estimate of drug-likeness (QED) is 0.178. The lowest BCUT2D eigenvalue weighted by Crippen LogP contribution is -2.59. The standard InChI is InChI=1S/C37H38F6N4O3/c38-36(39,40)23-47-18-13-35(14-19-47,37(41,42)43)34(50)45-31(33(48)49)21-26-6-4-8-28-27(26)7-5-9-29(28)32-30-20-24(10-11-25(30)12-15-44-32)22-46-16-2-1-3-17-46/h4-12,15,20,31H,1-3,13-14,16-19,21-23H2,(H,45,50)(H,48,49)/t31-/m0/s1. The maximum absolute atomic E-state index is 14.4. The Morgan fingerprint density at radius 1 is 0.840 bits per heavy atom. The molecule has 0 radical (unpaired) electrons. The summed E-state index contributed by atoms with van der Waals surface area (Å²) in [7, 11) is 0. The third-order valence-electron chi connectivity index (χ3n) is 10.1. The van der Waals surface area contributed by atoms with Gasteiger partial charge in [-0.2, -0.15) is 26.3 Å². The van der Waals surface area contributed by atoms with Crippen molar-refractivity contribution in [1.82, 2.24) is 20.1 Å². The van der Waals surface area contributed by atoms with Crippen molar-refractivity contribution in [3.8, 4) is 11.3 Å². The Morgan fingerprint density at radius 2 is 1.54 bits per heavy atom. The molecular formula is C37H38F6N4O3. The monoisotopic (exact) mass is 700 g/mol. The Bertz CT molecular complexity index is 1860. The molecule has 0 aliphatic carbocycles. The highest BCUT2D eigenvalue weighted by molar-refractivity contribution is 6.05. The number of hydrogen-bond acceptors (Lipinski definition) is 5. The van der Waals surface area contributed by atoms with Crippen molar-refractivity contribution in [2.75, 3.05) is 32.7 Å². The van der Waals surface area contributed by atoms with Crippen LogP contribution in [0.1, 0.15) is 43.2 Å². The number of benzene rings is 3. The number of nitrogens with zero attached hydrogens (tertiary/aromatic N) is 3. The zero-order chi connectivity index (χ0) is 35.7. The molecule has 4 aromatic rings. The molecule has 2 aliphatic rings. The second-order valence-electron chi connectivity index (χ2n) is 13.4. The normalized spacial score (nSPS) is 18.3. The van der Waals surface area contributed by atoms with Crippen molar-refractivity contribution in [3.63, 3.8) is 0 Å². The molecule has 0 spiro atoms. The molecular weight excluding hydrogens is 662 g/mol. The van der Waals surface area contributed by atoms with Gasteiger partial charge in [-0.15, -0.1) is 0 Å². The molecule has 13 heteroatoms. The Morgan fingerprint density at radius 3 is 2.22 bits per heavy atom. The predicted molar refractivity (Wildman–Crippen MR) is 177 cm³/mol. The first-order chi connectivity index (χ1) is 23.7. The van der Waals surface area contributed by atoms with Crippen molar-refractivity contribution < 1.29 is 41.0 Å². The summed E-state index contributed by atoms with van der Waals surface area (Å²) in [6, 6.07) is 17.3. The van der Waals surface area contributed by atoms with Crippen LogP contribution < -0.4 is 5.32 Å². The number of aliphatic carboxylic acids is 1. The van der Waals surface area contributed by atoms with Gasteiger partial charge in [0.25, 0.3) is 0 Å². The molecule has 3 aromatic carbocycles. The molecule has 50 heavy (non-hydrogen) atoms. The summed E-state index contributed by atoms with van der Waals surface area (Å²) < 4.78 is 81.8. The molecule has 2 saturated heterocycles. The largest absolute Gasteiger partial charge is 0.480 e. The fraction of sp³-hybridized carbons (Fsp3) is 0.432. The van der Waals surface area contributed by atoms with E-state index < -0.39 is 68.2 Å². The van der Waals surface area contributed by atoms with E-state index in [2.05, 4.69) is 28.4 Å². The van der Waals surface area contributed by atoms with Crippen LogP contribution in [-0.4, -0.2) is 82.9 Å². The molecule has 1 atom stereocenters. The van der Waals surface area contributed by atoms with E-state index in [9.17, 15) is 41.0 Å². The average Bonchev–Trinajstić information content (AvgIpc) is 3.07. The lowest BCUT2D eigenvalue weighted by atomic mass is 9.76. The van der Waals surface area contributed by atoms with Gasteiger partial charge in [-0.1, -0.05) is 55.0 Å². The number of hydrogen-bond donors (Lipinski definition) is 2. The highest BCUT2D eigenvalue weighted by Crippen LogP contribution is 2.47. The molecule has 2 fully saturated rings. The number of carbonyl (C=O) groups is 2. The summed E-state index contributed by atoms with van der Waals surface area (Å²) in [5.74, 6) is -3.08. The number of rotatable bonds is 9. The van der Waals surface area contributed by atoms with Crippen LogP contribution in [0.5, 0.6) is 0 Å². The van der Waals surface area contributed by atoms with Gasteiger partial charge >= 0.3 is 18.3 Å². The van der Waals surface area contributed by atoms with Crippen LogP contribution in [0.15, 0.2) is 66.9 Å². The van der Waals surface area contributed by atoms with Crippen molar-refractivity contribution in [3.05, 3.63) is 78.0 Å². The van der Waals surface area contributed by atoms with Gasteiger partial charge in [0.15, 0.2) is 0 Å². The van der Waals surface area contributed by atoms with Crippen LogP contribution in [-0.2, 0) is 22.6 Å². The van der Waals surface area contributed by atoms with E-state index in [1.54, 1.807) is 30.5 Å². The fourth-order valence-electron chi connectivity index (χ4n) is 7.37. The van der Waals surface area contributed by atoms with E-state index in [1.807, 2.05) is 18.2 Å². The molecule has 6 rings (SSSR count). The van der Waals surface area contributed by atoms with Gasteiger partial charge in [-0.25, -0.2) is 4.79 Å².